The van der Waals surface area contributed by atoms with Crippen LogP contribution in [0.5, 0.6) is 0 Å². The summed E-state index contributed by atoms with van der Waals surface area (Å²) in [6, 6.07) is 13.1. The topological polar surface area (TPSA) is 92.8 Å². The van der Waals surface area contributed by atoms with E-state index in [0.29, 0.717) is 17.1 Å². The summed E-state index contributed by atoms with van der Waals surface area (Å²) < 4.78 is 34.1. The second kappa shape index (κ2) is 9.49. The number of amides is 1. The third kappa shape index (κ3) is 4.72. The molecule has 0 saturated heterocycles. The molecule has 0 spiro atoms. The van der Waals surface area contributed by atoms with Gasteiger partial charge in [-0.3, -0.25) is 9.10 Å². The number of hydrogen-bond donors (Lipinski definition) is 1. The van der Waals surface area contributed by atoms with Gasteiger partial charge in [0.15, 0.2) is 0 Å². The Hall–Kier alpha value is -2.91. The van der Waals surface area contributed by atoms with Gasteiger partial charge in [0.1, 0.15) is 5.00 Å². The van der Waals surface area contributed by atoms with Crippen molar-refractivity contribution in [3.05, 3.63) is 54.1 Å². The molecule has 7 nitrogen and oxygen atoms in total. The normalized spacial score (nSPS) is 11.3. The second-order valence-electron chi connectivity index (χ2n) is 6.91. The summed E-state index contributed by atoms with van der Waals surface area (Å²) in [5.41, 5.74) is 0.751. The molecule has 0 saturated carbocycles. The SMILES string of the molecule is CCCCN(c1sc2ccccc2c1NC(C)=O)S(=O)(=O)c1ccc(C(=O)OC)cc1. The fourth-order valence-electron chi connectivity index (χ4n) is 3.15. The number of sulfonamides is 1. The average molecular weight is 461 g/mol. The smallest absolute Gasteiger partial charge is 0.337 e. The number of hydrogen-bond acceptors (Lipinski definition) is 6. The molecule has 31 heavy (non-hydrogen) atoms. The molecule has 9 heteroatoms. The van der Waals surface area contributed by atoms with Gasteiger partial charge in [-0.2, -0.15) is 0 Å². The van der Waals surface area contributed by atoms with Crippen molar-refractivity contribution < 1.29 is 22.7 Å². The monoisotopic (exact) mass is 460 g/mol. The molecular formula is C22H24N2O5S2. The first-order chi connectivity index (χ1) is 14.8. The van der Waals surface area contributed by atoms with Gasteiger partial charge in [0.05, 0.1) is 23.3 Å². The zero-order chi connectivity index (χ0) is 22.6. The van der Waals surface area contributed by atoms with Crippen LogP contribution in [0.2, 0.25) is 0 Å². The first-order valence-electron chi connectivity index (χ1n) is 9.79. The van der Waals surface area contributed by atoms with Crippen molar-refractivity contribution in [3.63, 3.8) is 0 Å². The maximum Gasteiger partial charge on any atom is 0.337 e. The molecule has 0 atom stereocenters. The average Bonchev–Trinajstić information content (AvgIpc) is 3.11. The highest BCUT2D eigenvalue weighted by molar-refractivity contribution is 7.93. The molecule has 1 N–H and O–H groups in total. The molecular weight excluding hydrogens is 436 g/mol. The molecule has 1 amide bonds. The quantitative estimate of drug-likeness (QED) is 0.494. The Morgan fingerprint density at radius 2 is 1.77 bits per heavy atom. The maximum atomic E-state index is 13.6. The van der Waals surface area contributed by atoms with Crippen LogP contribution in [0.4, 0.5) is 10.7 Å². The summed E-state index contributed by atoms with van der Waals surface area (Å²) in [6.07, 6.45) is 1.45. The van der Waals surface area contributed by atoms with Gasteiger partial charge >= 0.3 is 5.97 Å². The molecule has 0 bridgehead atoms. The number of carbonyl (C=O) groups excluding carboxylic acids is 2. The zero-order valence-corrected chi connectivity index (χ0v) is 19.2. The van der Waals surface area contributed by atoms with Crippen LogP contribution in [-0.2, 0) is 19.6 Å². The van der Waals surface area contributed by atoms with E-state index < -0.39 is 16.0 Å². The van der Waals surface area contributed by atoms with E-state index in [2.05, 4.69) is 10.1 Å². The van der Waals surface area contributed by atoms with Crippen molar-refractivity contribution in [3.8, 4) is 0 Å². The molecule has 3 rings (SSSR count). The molecule has 2 aromatic carbocycles. The first kappa shape index (κ1) is 22.8. The Kier molecular flexibility index (Phi) is 6.97. The Balaban J connectivity index is 2.14. The van der Waals surface area contributed by atoms with Crippen LogP contribution in [0.3, 0.4) is 0 Å². The zero-order valence-electron chi connectivity index (χ0n) is 17.5. The molecule has 0 aliphatic carbocycles. The molecule has 0 radical (unpaired) electrons. The molecule has 0 aliphatic rings. The fourth-order valence-corrected chi connectivity index (χ4v) is 6.06. The van der Waals surface area contributed by atoms with E-state index in [4.69, 9.17) is 0 Å². The number of rotatable bonds is 8. The van der Waals surface area contributed by atoms with Gasteiger partial charge in [0.25, 0.3) is 10.0 Å². The molecule has 164 valence electrons. The summed E-state index contributed by atoms with van der Waals surface area (Å²) >= 11 is 1.32. The Bertz CT molecular complexity index is 1200. The number of carbonyl (C=O) groups is 2. The highest BCUT2D eigenvalue weighted by Gasteiger charge is 2.29. The number of thiophene rings is 1. The van der Waals surface area contributed by atoms with Crippen LogP contribution in [0.15, 0.2) is 53.4 Å². The minimum Gasteiger partial charge on any atom is -0.465 e. The Morgan fingerprint density at radius 3 is 2.39 bits per heavy atom. The van der Waals surface area contributed by atoms with E-state index in [9.17, 15) is 18.0 Å². The third-order valence-corrected chi connectivity index (χ3v) is 7.81. The molecule has 1 aromatic heterocycles. The molecule has 0 fully saturated rings. The van der Waals surface area contributed by atoms with Crippen LogP contribution in [0, 0.1) is 0 Å². The number of methoxy groups -OCH3 is 1. The number of esters is 1. The summed E-state index contributed by atoms with van der Waals surface area (Å²) in [4.78, 5) is 23.6. The van der Waals surface area contributed by atoms with Crippen LogP contribution in [-0.4, -0.2) is 33.9 Å². The predicted molar refractivity (Wildman–Crippen MR) is 123 cm³/mol. The van der Waals surface area contributed by atoms with Crippen molar-refractivity contribution in [1.29, 1.82) is 0 Å². The number of anilines is 2. The van der Waals surface area contributed by atoms with Gasteiger partial charge in [-0.05, 0) is 36.8 Å². The number of fused-ring (bicyclic) bond motifs is 1. The van der Waals surface area contributed by atoms with E-state index >= 15 is 0 Å². The summed E-state index contributed by atoms with van der Waals surface area (Å²) in [7, 11) is -2.67. The fraction of sp³-hybridized carbons (Fsp3) is 0.273. The minimum atomic E-state index is -3.94. The number of benzene rings is 2. The summed E-state index contributed by atoms with van der Waals surface area (Å²) in [5.74, 6) is -0.815. The van der Waals surface area contributed by atoms with Gasteiger partial charge in [0.2, 0.25) is 5.91 Å². The van der Waals surface area contributed by atoms with Crippen molar-refractivity contribution in [2.24, 2.45) is 0 Å². The van der Waals surface area contributed by atoms with E-state index in [1.54, 1.807) is 0 Å². The van der Waals surface area contributed by atoms with Crippen molar-refractivity contribution in [2.75, 3.05) is 23.3 Å². The van der Waals surface area contributed by atoms with Gasteiger partial charge in [-0.1, -0.05) is 31.5 Å². The van der Waals surface area contributed by atoms with Gasteiger partial charge in [-0.15, -0.1) is 11.3 Å². The number of unbranched alkanes of at least 4 members (excludes halogenated alkanes) is 1. The van der Waals surface area contributed by atoms with E-state index in [0.717, 1.165) is 16.5 Å². The predicted octanol–water partition coefficient (Wildman–Crippen LogP) is 4.64. The lowest BCUT2D eigenvalue weighted by Gasteiger charge is -2.24. The summed E-state index contributed by atoms with van der Waals surface area (Å²) in [6.45, 7) is 3.64. The standard InChI is InChI=1S/C22H24N2O5S2/c1-4-5-14-24(31(27,28)17-12-10-16(11-13-17)22(26)29-3)21-20(23-15(2)25)18-8-6-7-9-19(18)30-21/h6-13H,4-5,14H2,1-3H3,(H,23,25). The van der Waals surface area contributed by atoms with E-state index in [1.165, 1.54) is 53.9 Å². The second-order valence-corrected chi connectivity index (χ2v) is 9.80. The van der Waals surface area contributed by atoms with Crippen LogP contribution < -0.4 is 9.62 Å². The van der Waals surface area contributed by atoms with Crippen molar-refractivity contribution >= 4 is 54.0 Å². The highest BCUT2D eigenvalue weighted by atomic mass is 32.2. The van der Waals surface area contributed by atoms with Crippen molar-refractivity contribution in [2.45, 2.75) is 31.6 Å². The van der Waals surface area contributed by atoms with Crippen LogP contribution >= 0.6 is 11.3 Å². The Labute approximate surface area is 185 Å². The third-order valence-electron chi connectivity index (χ3n) is 4.68. The molecule has 1 heterocycles. The lowest BCUT2D eigenvalue weighted by atomic mass is 10.2. The molecule has 0 aliphatic heterocycles. The van der Waals surface area contributed by atoms with E-state index in [-0.39, 0.29) is 22.9 Å². The minimum absolute atomic E-state index is 0.0579. The lowest BCUT2D eigenvalue weighted by molar-refractivity contribution is -0.114. The molecule has 3 aromatic rings. The lowest BCUT2D eigenvalue weighted by Crippen LogP contribution is -2.32. The summed E-state index contributed by atoms with van der Waals surface area (Å²) in [5, 5.41) is 4.06. The largest absolute Gasteiger partial charge is 0.465 e. The van der Waals surface area contributed by atoms with Crippen molar-refractivity contribution in [1.82, 2.24) is 0 Å². The van der Waals surface area contributed by atoms with Crippen LogP contribution in [0.1, 0.15) is 37.0 Å². The molecule has 0 unspecified atom stereocenters. The Morgan fingerprint density at radius 1 is 1.10 bits per heavy atom. The number of ether oxygens (including phenoxy) is 1. The maximum absolute atomic E-state index is 13.6. The van der Waals surface area contributed by atoms with Gasteiger partial charge in [-0.25, -0.2) is 13.2 Å². The number of nitrogens with one attached hydrogen (secondary N) is 1. The van der Waals surface area contributed by atoms with Gasteiger partial charge in [0, 0.05) is 23.6 Å². The van der Waals surface area contributed by atoms with Gasteiger partial charge < -0.3 is 10.1 Å². The highest BCUT2D eigenvalue weighted by Crippen LogP contribution is 2.44. The van der Waals surface area contributed by atoms with E-state index in [1.807, 2.05) is 31.2 Å². The first-order valence-corrected chi connectivity index (χ1v) is 12.1. The number of nitrogens with zero attached hydrogens (tertiary/aromatic N) is 1. The van der Waals surface area contributed by atoms with Crippen LogP contribution in [0.25, 0.3) is 10.1 Å².